The van der Waals surface area contributed by atoms with Gasteiger partial charge in [0.2, 0.25) is 5.91 Å². The molecule has 0 saturated heterocycles. The summed E-state index contributed by atoms with van der Waals surface area (Å²) in [6.45, 7) is 3.30. The second-order valence-corrected chi connectivity index (χ2v) is 5.33. The molecule has 4 N–H and O–H groups in total. The monoisotopic (exact) mass is 287 g/mol. The van der Waals surface area contributed by atoms with Crippen molar-refractivity contribution in [1.82, 2.24) is 5.32 Å². The third-order valence-corrected chi connectivity index (χ3v) is 3.91. The summed E-state index contributed by atoms with van der Waals surface area (Å²) < 4.78 is 0. The average Bonchev–Trinajstić information content (AvgIpc) is 2.70. The first-order chi connectivity index (χ1) is 8.82. The Morgan fingerprint density at radius 2 is 2.05 bits per heavy atom. The molecule has 7 heteroatoms. The van der Waals surface area contributed by atoms with E-state index < -0.39 is 18.2 Å². The first-order valence-corrected chi connectivity index (χ1v) is 6.58. The summed E-state index contributed by atoms with van der Waals surface area (Å²) in [6.07, 6.45) is -2.00. The van der Waals surface area contributed by atoms with Gasteiger partial charge in [-0.05, 0) is 25.0 Å². The Bertz CT molecular complexity index is 471. The van der Waals surface area contributed by atoms with E-state index in [2.05, 4.69) is 5.32 Å². The summed E-state index contributed by atoms with van der Waals surface area (Å²) in [7, 11) is 0. The van der Waals surface area contributed by atoms with Gasteiger partial charge < -0.3 is 20.6 Å². The van der Waals surface area contributed by atoms with Crippen LogP contribution in [0.1, 0.15) is 39.6 Å². The Kier molecular flexibility index (Phi) is 5.46. The highest BCUT2D eigenvalue weighted by atomic mass is 32.1. The van der Waals surface area contributed by atoms with Gasteiger partial charge in [0.15, 0.2) is 0 Å². The minimum absolute atomic E-state index is 0.126. The molecule has 2 atom stereocenters. The fraction of sp³-hybridized carbons (Fsp3) is 0.500. The Labute approximate surface area is 114 Å². The van der Waals surface area contributed by atoms with Crippen LogP contribution in [0, 0.1) is 6.92 Å². The SMILES string of the molecule is CC(=O)NCCC(O)C(O)c1sc(C(=O)O)cc1C. The number of carbonyl (C=O) groups is 2. The molecule has 1 rings (SSSR count). The topological polar surface area (TPSA) is 107 Å². The molecule has 0 aliphatic carbocycles. The first-order valence-electron chi connectivity index (χ1n) is 5.77. The lowest BCUT2D eigenvalue weighted by Crippen LogP contribution is -2.27. The van der Waals surface area contributed by atoms with E-state index in [0.717, 1.165) is 11.3 Å². The largest absolute Gasteiger partial charge is 0.477 e. The van der Waals surface area contributed by atoms with Gasteiger partial charge in [-0.15, -0.1) is 11.3 Å². The van der Waals surface area contributed by atoms with Crippen LogP contribution in [-0.2, 0) is 4.79 Å². The highest BCUT2D eigenvalue weighted by molar-refractivity contribution is 7.14. The van der Waals surface area contributed by atoms with Crippen LogP contribution in [0.5, 0.6) is 0 Å². The summed E-state index contributed by atoms with van der Waals surface area (Å²) in [5.41, 5.74) is 0.633. The Balaban J connectivity index is 2.68. The van der Waals surface area contributed by atoms with Crippen molar-refractivity contribution in [2.75, 3.05) is 6.54 Å². The second-order valence-electron chi connectivity index (χ2n) is 4.25. The summed E-state index contributed by atoms with van der Waals surface area (Å²) in [4.78, 5) is 22.1. The first kappa shape index (κ1) is 15.6. The number of nitrogens with one attached hydrogen (secondary N) is 1. The molecule has 0 aromatic carbocycles. The molecule has 0 aliphatic heterocycles. The van der Waals surface area contributed by atoms with Gasteiger partial charge in [-0.25, -0.2) is 4.79 Å². The summed E-state index contributed by atoms with van der Waals surface area (Å²) in [6, 6.07) is 1.46. The lowest BCUT2D eigenvalue weighted by atomic mass is 10.1. The normalized spacial score (nSPS) is 13.9. The molecule has 1 amide bonds. The third kappa shape index (κ3) is 4.30. The molecular formula is C12H17NO5S. The minimum Gasteiger partial charge on any atom is -0.477 e. The number of carboxylic acids is 1. The number of amides is 1. The maximum absolute atomic E-state index is 10.8. The van der Waals surface area contributed by atoms with Gasteiger partial charge in [0, 0.05) is 18.3 Å². The zero-order valence-corrected chi connectivity index (χ0v) is 11.5. The fourth-order valence-electron chi connectivity index (χ4n) is 1.62. The zero-order valence-electron chi connectivity index (χ0n) is 10.7. The van der Waals surface area contributed by atoms with Crippen molar-refractivity contribution < 1.29 is 24.9 Å². The number of rotatable bonds is 6. The van der Waals surface area contributed by atoms with Crippen molar-refractivity contribution in [3.63, 3.8) is 0 Å². The number of hydrogen-bond donors (Lipinski definition) is 4. The van der Waals surface area contributed by atoms with Gasteiger partial charge in [-0.1, -0.05) is 0 Å². The molecule has 0 radical (unpaired) electrons. The van der Waals surface area contributed by atoms with E-state index in [0.29, 0.717) is 10.4 Å². The number of aliphatic hydroxyl groups is 2. The van der Waals surface area contributed by atoms with Crippen molar-refractivity contribution in [2.24, 2.45) is 0 Å². The maximum atomic E-state index is 10.8. The van der Waals surface area contributed by atoms with E-state index in [1.54, 1.807) is 6.92 Å². The van der Waals surface area contributed by atoms with Crippen LogP contribution in [0.2, 0.25) is 0 Å². The maximum Gasteiger partial charge on any atom is 0.345 e. The van der Waals surface area contributed by atoms with Gasteiger partial charge in [0.05, 0.1) is 6.10 Å². The van der Waals surface area contributed by atoms with Crippen molar-refractivity contribution in [3.8, 4) is 0 Å². The zero-order chi connectivity index (χ0) is 14.6. The number of aryl methyl sites for hydroxylation is 1. The number of hydrogen-bond acceptors (Lipinski definition) is 5. The van der Waals surface area contributed by atoms with Gasteiger partial charge in [-0.3, -0.25) is 4.79 Å². The van der Waals surface area contributed by atoms with Crippen molar-refractivity contribution in [2.45, 2.75) is 32.5 Å². The van der Waals surface area contributed by atoms with E-state index in [-0.39, 0.29) is 23.7 Å². The molecule has 1 heterocycles. The van der Waals surface area contributed by atoms with Crippen LogP contribution >= 0.6 is 11.3 Å². The van der Waals surface area contributed by atoms with Gasteiger partial charge in [0.25, 0.3) is 0 Å². The van der Waals surface area contributed by atoms with Crippen LogP contribution in [0.15, 0.2) is 6.07 Å². The van der Waals surface area contributed by atoms with E-state index in [9.17, 15) is 19.8 Å². The number of aliphatic hydroxyl groups excluding tert-OH is 2. The predicted molar refractivity (Wildman–Crippen MR) is 70.3 cm³/mol. The molecule has 0 fully saturated rings. The Hall–Kier alpha value is -1.44. The van der Waals surface area contributed by atoms with Gasteiger partial charge in [-0.2, -0.15) is 0 Å². The lowest BCUT2D eigenvalue weighted by molar-refractivity contribution is -0.119. The van der Waals surface area contributed by atoms with Crippen LogP contribution < -0.4 is 5.32 Å². The quantitative estimate of drug-likeness (QED) is 0.615. The van der Waals surface area contributed by atoms with Gasteiger partial charge in [0.1, 0.15) is 11.0 Å². The molecule has 0 aliphatic rings. The summed E-state index contributed by atoms with van der Waals surface area (Å²) in [5.74, 6) is -1.26. The molecule has 1 aromatic heterocycles. The van der Waals surface area contributed by atoms with E-state index in [1.807, 2.05) is 0 Å². The van der Waals surface area contributed by atoms with Crippen molar-refractivity contribution in [3.05, 3.63) is 21.4 Å². The molecule has 0 spiro atoms. The molecule has 19 heavy (non-hydrogen) atoms. The minimum atomic E-state index is -1.15. The number of thiophene rings is 1. The smallest absolute Gasteiger partial charge is 0.345 e. The summed E-state index contributed by atoms with van der Waals surface area (Å²) in [5, 5.41) is 31.2. The molecule has 1 aromatic rings. The molecule has 6 nitrogen and oxygen atoms in total. The fourth-order valence-corrected chi connectivity index (χ4v) is 2.68. The highest BCUT2D eigenvalue weighted by Crippen LogP contribution is 2.30. The second kappa shape index (κ2) is 6.65. The van der Waals surface area contributed by atoms with Crippen LogP contribution in [0.25, 0.3) is 0 Å². The molecule has 2 unspecified atom stereocenters. The van der Waals surface area contributed by atoms with Crippen molar-refractivity contribution >= 4 is 23.2 Å². The van der Waals surface area contributed by atoms with E-state index >= 15 is 0 Å². The third-order valence-electron chi connectivity index (χ3n) is 2.61. The average molecular weight is 287 g/mol. The molecular weight excluding hydrogens is 270 g/mol. The van der Waals surface area contributed by atoms with Crippen molar-refractivity contribution in [1.29, 1.82) is 0 Å². The van der Waals surface area contributed by atoms with Crippen LogP contribution in [0.4, 0.5) is 0 Å². The Morgan fingerprint density at radius 1 is 1.42 bits per heavy atom. The molecule has 0 saturated carbocycles. The standard InChI is InChI=1S/C12H17NO5S/c1-6-5-9(12(17)18)19-11(6)10(16)8(15)3-4-13-7(2)14/h5,8,10,15-16H,3-4H2,1-2H3,(H,13,14)(H,17,18). The predicted octanol–water partition coefficient (Wildman–Crippen LogP) is 0.675. The highest BCUT2D eigenvalue weighted by Gasteiger charge is 2.23. The molecule has 106 valence electrons. The van der Waals surface area contributed by atoms with E-state index in [1.165, 1.54) is 13.0 Å². The van der Waals surface area contributed by atoms with Gasteiger partial charge >= 0.3 is 5.97 Å². The van der Waals surface area contributed by atoms with Crippen LogP contribution in [-0.4, -0.2) is 39.8 Å². The molecule has 0 bridgehead atoms. The number of aromatic carboxylic acids is 1. The summed E-state index contributed by atoms with van der Waals surface area (Å²) >= 11 is 0.947. The van der Waals surface area contributed by atoms with E-state index in [4.69, 9.17) is 5.11 Å². The Morgan fingerprint density at radius 3 is 2.53 bits per heavy atom. The number of carbonyl (C=O) groups excluding carboxylic acids is 1. The van der Waals surface area contributed by atoms with Crippen LogP contribution in [0.3, 0.4) is 0 Å². The number of carboxylic acid groups (broad SMARTS) is 1. The lowest BCUT2D eigenvalue weighted by Gasteiger charge is -2.17.